The van der Waals surface area contributed by atoms with Gasteiger partial charge in [0.05, 0.1) is 12.7 Å². The van der Waals surface area contributed by atoms with Crippen molar-refractivity contribution in [2.24, 2.45) is 0 Å². The molecule has 2 aromatic carbocycles. The molecule has 0 aliphatic rings. The Labute approximate surface area is 122 Å². The van der Waals surface area contributed by atoms with Crippen molar-refractivity contribution in [3.05, 3.63) is 58.9 Å². The minimum atomic E-state index is -0.520. The summed E-state index contributed by atoms with van der Waals surface area (Å²) in [6.07, 6.45) is 0. The summed E-state index contributed by atoms with van der Waals surface area (Å²) in [5, 5.41) is 0. The van der Waals surface area contributed by atoms with E-state index in [4.69, 9.17) is 15.2 Å². The Hall–Kier alpha value is -2.56. The predicted molar refractivity (Wildman–Crippen MR) is 77.7 cm³/mol. The van der Waals surface area contributed by atoms with Crippen LogP contribution in [0.1, 0.15) is 21.5 Å². The predicted octanol–water partition coefficient (Wildman–Crippen LogP) is 3.08. The molecule has 0 radical (unpaired) electrons. The molecule has 110 valence electrons. The Bertz CT molecular complexity index is 671. The summed E-state index contributed by atoms with van der Waals surface area (Å²) < 4.78 is 23.7. The molecule has 0 bridgehead atoms. The normalized spacial score (nSPS) is 10.2. The number of nitrogens with two attached hydrogens (primary N) is 1. The highest BCUT2D eigenvalue weighted by molar-refractivity contribution is 5.90. The maximum atomic E-state index is 13.7. The van der Waals surface area contributed by atoms with Crippen LogP contribution < -0.4 is 10.5 Å². The van der Waals surface area contributed by atoms with Gasteiger partial charge in [0, 0.05) is 17.3 Å². The number of methoxy groups -OCH3 is 1. The quantitative estimate of drug-likeness (QED) is 0.694. The van der Waals surface area contributed by atoms with Crippen LogP contribution in [0.15, 0.2) is 36.4 Å². The van der Waals surface area contributed by atoms with E-state index in [0.29, 0.717) is 17.0 Å². The Balaban J connectivity index is 2.05. The lowest BCUT2D eigenvalue weighted by Crippen LogP contribution is -2.07. The summed E-state index contributed by atoms with van der Waals surface area (Å²) in [4.78, 5) is 11.9. The number of rotatable bonds is 4. The van der Waals surface area contributed by atoms with Gasteiger partial charge in [0.25, 0.3) is 0 Å². The fourth-order valence-corrected chi connectivity index (χ4v) is 1.80. The molecule has 5 heteroatoms. The molecular weight excluding hydrogens is 273 g/mol. The summed E-state index contributed by atoms with van der Waals surface area (Å²) in [5.74, 6) is -0.583. The molecule has 2 N–H and O–H groups in total. The Morgan fingerprint density at radius 1 is 1.24 bits per heavy atom. The summed E-state index contributed by atoms with van der Waals surface area (Å²) in [6.45, 7) is 1.66. The van der Waals surface area contributed by atoms with Gasteiger partial charge in [-0.3, -0.25) is 0 Å². The molecule has 0 amide bonds. The van der Waals surface area contributed by atoms with Gasteiger partial charge in [-0.05, 0) is 42.8 Å². The molecule has 0 atom stereocenters. The summed E-state index contributed by atoms with van der Waals surface area (Å²) in [6, 6.07) is 9.24. The summed E-state index contributed by atoms with van der Waals surface area (Å²) >= 11 is 0. The lowest BCUT2D eigenvalue weighted by atomic mass is 10.1. The number of hydrogen-bond acceptors (Lipinski definition) is 4. The zero-order chi connectivity index (χ0) is 15.4. The van der Waals surface area contributed by atoms with Crippen LogP contribution in [-0.2, 0) is 11.3 Å². The van der Waals surface area contributed by atoms with Crippen LogP contribution in [0.3, 0.4) is 0 Å². The molecule has 0 spiro atoms. The molecule has 2 aromatic rings. The van der Waals surface area contributed by atoms with Crippen LogP contribution in [0.25, 0.3) is 0 Å². The van der Waals surface area contributed by atoms with E-state index in [-0.39, 0.29) is 12.2 Å². The van der Waals surface area contributed by atoms with Crippen molar-refractivity contribution in [3.8, 4) is 5.75 Å². The van der Waals surface area contributed by atoms with E-state index in [2.05, 4.69) is 0 Å². The average Bonchev–Trinajstić information content (AvgIpc) is 2.48. The highest BCUT2D eigenvalue weighted by Crippen LogP contribution is 2.18. The van der Waals surface area contributed by atoms with Gasteiger partial charge in [-0.15, -0.1) is 0 Å². The smallest absolute Gasteiger partial charge is 0.338 e. The van der Waals surface area contributed by atoms with Crippen molar-refractivity contribution in [2.45, 2.75) is 13.5 Å². The number of benzene rings is 2. The number of carbonyl (C=O) groups excluding carboxylic acids is 1. The lowest BCUT2D eigenvalue weighted by Gasteiger charge is -2.08. The van der Waals surface area contributed by atoms with E-state index in [1.54, 1.807) is 31.2 Å². The van der Waals surface area contributed by atoms with Gasteiger partial charge in [-0.2, -0.15) is 0 Å². The van der Waals surface area contributed by atoms with Crippen LogP contribution in [0, 0.1) is 12.7 Å². The maximum absolute atomic E-state index is 13.7. The molecule has 0 unspecified atom stereocenters. The van der Waals surface area contributed by atoms with Crippen molar-refractivity contribution in [3.63, 3.8) is 0 Å². The Kier molecular flexibility index (Phi) is 4.42. The van der Waals surface area contributed by atoms with Gasteiger partial charge in [-0.25, -0.2) is 9.18 Å². The van der Waals surface area contributed by atoms with Crippen LogP contribution >= 0.6 is 0 Å². The second-order valence-corrected chi connectivity index (χ2v) is 4.60. The third-order valence-corrected chi connectivity index (χ3v) is 3.12. The standard InChI is InChI=1S/C16H16FNO3/c1-10-7-11(4-6-15(10)18)16(19)21-9-12-3-5-13(20-2)8-14(12)17/h3-8H,9,18H2,1-2H3. The molecule has 0 heterocycles. The number of ether oxygens (including phenoxy) is 2. The van der Waals surface area contributed by atoms with Gasteiger partial charge in [0.2, 0.25) is 0 Å². The first kappa shape index (κ1) is 14.8. The zero-order valence-corrected chi connectivity index (χ0v) is 11.9. The largest absolute Gasteiger partial charge is 0.497 e. The van der Waals surface area contributed by atoms with E-state index < -0.39 is 11.8 Å². The number of nitrogen functional groups attached to an aromatic ring is 1. The first-order valence-electron chi connectivity index (χ1n) is 6.37. The highest BCUT2D eigenvalue weighted by Gasteiger charge is 2.11. The van der Waals surface area contributed by atoms with Crippen LogP contribution in [0.2, 0.25) is 0 Å². The number of halogens is 1. The summed E-state index contributed by atoms with van der Waals surface area (Å²) in [5.41, 5.74) is 7.76. The van der Waals surface area contributed by atoms with Gasteiger partial charge in [-0.1, -0.05) is 0 Å². The molecule has 0 aromatic heterocycles. The molecule has 0 aliphatic heterocycles. The minimum absolute atomic E-state index is 0.141. The van der Waals surface area contributed by atoms with Crippen LogP contribution in [0.5, 0.6) is 5.75 Å². The van der Waals surface area contributed by atoms with Crippen LogP contribution in [0.4, 0.5) is 10.1 Å². The first-order chi connectivity index (χ1) is 10.0. The molecule has 0 fully saturated rings. The number of aryl methyl sites for hydroxylation is 1. The van der Waals surface area contributed by atoms with Crippen molar-refractivity contribution in [1.82, 2.24) is 0 Å². The minimum Gasteiger partial charge on any atom is -0.497 e. The lowest BCUT2D eigenvalue weighted by molar-refractivity contribution is 0.0469. The number of esters is 1. The van der Waals surface area contributed by atoms with E-state index in [1.807, 2.05) is 0 Å². The molecule has 0 saturated carbocycles. The van der Waals surface area contributed by atoms with Crippen LogP contribution in [-0.4, -0.2) is 13.1 Å². The van der Waals surface area contributed by atoms with Crippen molar-refractivity contribution >= 4 is 11.7 Å². The summed E-state index contributed by atoms with van der Waals surface area (Å²) in [7, 11) is 1.46. The second-order valence-electron chi connectivity index (χ2n) is 4.60. The SMILES string of the molecule is COc1ccc(COC(=O)c2ccc(N)c(C)c2)c(F)c1. The van der Waals surface area contributed by atoms with Crippen molar-refractivity contribution in [2.75, 3.05) is 12.8 Å². The van der Waals surface area contributed by atoms with E-state index in [9.17, 15) is 9.18 Å². The third-order valence-electron chi connectivity index (χ3n) is 3.12. The van der Waals surface area contributed by atoms with Gasteiger partial charge >= 0.3 is 5.97 Å². The van der Waals surface area contributed by atoms with Gasteiger partial charge in [0.15, 0.2) is 0 Å². The molecule has 0 saturated heterocycles. The Morgan fingerprint density at radius 3 is 2.62 bits per heavy atom. The average molecular weight is 289 g/mol. The molecule has 2 rings (SSSR count). The van der Waals surface area contributed by atoms with E-state index >= 15 is 0 Å². The van der Waals surface area contributed by atoms with Gasteiger partial charge in [0.1, 0.15) is 18.2 Å². The van der Waals surface area contributed by atoms with Gasteiger partial charge < -0.3 is 15.2 Å². The molecule has 0 aliphatic carbocycles. The highest BCUT2D eigenvalue weighted by atomic mass is 19.1. The second kappa shape index (κ2) is 6.26. The fourth-order valence-electron chi connectivity index (χ4n) is 1.80. The first-order valence-corrected chi connectivity index (χ1v) is 6.37. The molecule has 21 heavy (non-hydrogen) atoms. The van der Waals surface area contributed by atoms with E-state index in [1.165, 1.54) is 19.2 Å². The zero-order valence-electron chi connectivity index (χ0n) is 11.9. The Morgan fingerprint density at radius 2 is 2.00 bits per heavy atom. The number of anilines is 1. The third kappa shape index (κ3) is 3.51. The fraction of sp³-hybridized carbons (Fsp3) is 0.188. The topological polar surface area (TPSA) is 61.5 Å². The van der Waals surface area contributed by atoms with Crippen molar-refractivity contribution in [1.29, 1.82) is 0 Å². The maximum Gasteiger partial charge on any atom is 0.338 e. The monoisotopic (exact) mass is 289 g/mol. The van der Waals surface area contributed by atoms with Crippen molar-refractivity contribution < 1.29 is 18.7 Å². The van der Waals surface area contributed by atoms with E-state index in [0.717, 1.165) is 5.56 Å². The number of carbonyl (C=O) groups is 1. The molecule has 4 nitrogen and oxygen atoms in total. The number of hydrogen-bond donors (Lipinski definition) is 1. The molecular formula is C16H16FNO3.